The molecule has 7 heteroatoms. The molecule has 0 amide bonds. The SMILES string of the molecule is CS(=N)c1ccc(-n2ncc(-c3ccc(C#N)cc3)c2O)nc1. The summed E-state index contributed by atoms with van der Waals surface area (Å²) in [6, 6.07) is 12.5. The fraction of sp³-hybridized carbons (Fsp3) is 0.0625. The van der Waals surface area contributed by atoms with Gasteiger partial charge in [-0.1, -0.05) is 22.8 Å². The van der Waals surface area contributed by atoms with E-state index in [4.69, 9.17) is 10.0 Å². The minimum atomic E-state index is -0.608. The van der Waals surface area contributed by atoms with Crippen LogP contribution in [0.25, 0.3) is 16.9 Å². The Morgan fingerprint density at radius 3 is 2.48 bits per heavy atom. The predicted molar refractivity (Wildman–Crippen MR) is 87.4 cm³/mol. The first kappa shape index (κ1) is 14.9. The Morgan fingerprint density at radius 1 is 1.17 bits per heavy atom. The zero-order valence-corrected chi connectivity index (χ0v) is 13.1. The Balaban J connectivity index is 1.98. The van der Waals surface area contributed by atoms with E-state index in [-0.39, 0.29) is 5.88 Å². The van der Waals surface area contributed by atoms with Crippen LogP contribution in [0.5, 0.6) is 5.88 Å². The maximum absolute atomic E-state index is 10.4. The molecule has 23 heavy (non-hydrogen) atoms. The minimum Gasteiger partial charge on any atom is -0.493 e. The number of hydrogen-bond donors (Lipinski definition) is 2. The summed E-state index contributed by atoms with van der Waals surface area (Å²) in [4.78, 5) is 5.08. The summed E-state index contributed by atoms with van der Waals surface area (Å²) < 4.78 is 9.02. The van der Waals surface area contributed by atoms with Crippen LogP contribution in [-0.4, -0.2) is 26.1 Å². The quantitative estimate of drug-likeness (QED) is 0.774. The van der Waals surface area contributed by atoms with Gasteiger partial charge in [0.25, 0.3) is 0 Å². The second kappa shape index (κ2) is 6.02. The maximum Gasteiger partial charge on any atom is 0.223 e. The van der Waals surface area contributed by atoms with Crippen molar-refractivity contribution in [2.75, 3.05) is 6.26 Å². The monoisotopic (exact) mass is 323 g/mol. The number of aromatic nitrogens is 3. The van der Waals surface area contributed by atoms with Crippen LogP contribution in [-0.2, 0) is 10.7 Å². The first-order chi connectivity index (χ1) is 11.1. The number of nitriles is 1. The molecule has 3 aromatic rings. The third kappa shape index (κ3) is 2.84. The van der Waals surface area contributed by atoms with Crippen LogP contribution in [0.1, 0.15) is 5.56 Å². The highest BCUT2D eigenvalue weighted by Crippen LogP contribution is 2.30. The summed E-state index contributed by atoms with van der Waals surface area (Å²) in [6.07, 6.45) is 4.97. The molecule has 0 bridgehead atoms. The van der Waals surface area contributed by atoms with Gasteiger partial charge < -0.3 is 5.11 Å². The van der Waals surface area contributed by atoms with Crippen LogP contribution in [0.15, 0.2) is 53.7 Å². The Bertz CT molecular complexity index is 907. The zero-order valence-electron chi connectivity index (χ0n) is 12.3. The molecule has 0 radical (unpaired) electrons. The standard InChI is InChI=1S/C16H13N5OS/c1-23(18)13-6-7-15(19-9-13)21-16(22)14(10-20-21)12-4-2-11(8-17)3-5-12/h2-7,9-10,18,22H,1H3. The number of benzene rings is 1. The van der Waals surface area contributed by atoms with Gasteiger partial charge in [-0.25, -0.2) is 4.98 Å². The summed E-state index contributed by atoms with van der Waals surface area (Å²) in [7, 11) is -0.608. The molecule has 2 N–H and O–H groups in total. The largest absolute Gasteiger partial charge is 0.493 e. The lowest BCUT2D eigenvalue weighted by Crippen LogP contribution is -1.99. The fourth-order valence-corrected chi connectivity index (χ4v) is 2.60. The average molecular weight is 323 g/mol. The number of rotatable bonds is 3. The molecule has 0 fully saturated rings. The van der Waals surface area contributed by atoms with Crippen molar-refractivity contribution in [1.82, 2.24) is 14.8 Å². The van der Waals surface area contributed by atoms with Crippen LogP contribution in [0.3, 0.4) is 0 Å². The van der Waals surface area contributed by atoms with Gasteiger partial charge in [-0.3, -0.25) is 4.78 Å². The van der Waals surface area contributed by atoms with E-state index in [2.05, 4.69) is 16.2 Å². The molecule has 1 atom stereocenters. The molecule has 114 valence electrons. The number of nitrogens with zero attached hydrogens (tertiary/aromatic N) is 4. The maximum atomic E-state index is 10.4. The third-order valence-corrected chi connectivity index (χ3v) is 4.31. The van der Waals surface area contributed by atoms with Gasteiger partial charge in [0.05, 0.1) is 23.4 Å². The van der Waals surface area contributed by atoms with Gasteiger partial charge in [0, 0.05) is 11.1 Å². The summed E-state index contributed by atoms with van der Waals surface area (Å²) >= 11 is 0. The van der Waals surface area contributed by atoms with Crippen LogP contribution in [0.2, 0.25) is 0 Å². The molecule has 0 aliphatic rings. The molecule has 0 saturated carbocycles. The van der Waals surface area contributed by atoms with Gasteiger partial charge >= 0.3 is 0 Å². The lowest BCUT2D eigenvalue weighted by Gasteiger charge is -2.05. The lowest BCUT2D eigenvalue weighted by atomic mass is 10.1. The van der Waals surface area contributed by atoms with Gasteiger partial charge in [0.2, 0.25) is 5.88 Å². The van der Waals surface area contributed by atoms with E-state index in [1.807, 2.05) is 0 Å². The molecule has 0 spiro atoms. The molecular formula is C16H13N5OS. The average Bonchev–Trinajstić information content (AvgIpc) is 2.96. The number of aromatic hydroxyl groups is 1. The normalized spacial score (nSPS) is 11.8. The molecule has 0 aliphatic carbocycles. The van der Waals surface area contributed by atoms with Gasteiger partial charge in [0.1, 0.15) is 0 Å². The number of nitrogens with one attached hydrogen (secondary N) is 1. The van der Waals surface area contributed by atoms with Crippen molar-refractivity contribution in [2.24, 2.45) is 0 Å². The first-order valence-electron chi connectivity index (χ1n) is 6.71. The highest BCUT2D eigenvalue weighted by atomic mass is 32.2. The van der Waals surface area contributed by atoms with Crippen LogP contribution >= 0.6 is 0 Å². The van der Waals surface area contributed by atoms with Crippen LogP contribution in [0.4, 0.5) is 0 Å². The minimum absolute atomic E-state index is 0.0173. The van der Waals surface area contributed by atoms with Crippen molar-refractivity contribution in [3.05, 3.63) is 54.4 Å². The van der Waals surface area contributed by atoms with E-state index < -0.39 is 10.7 Å². The molecule has 0 aliphatic heterocycles. The third-order valence-electron chi connectivity index (χ3n) is 3.36. The van der Waals surface area contributed by atoms with E-state index in [9.17, 15) is 5.11 Å². The smallest absolute Gasteiger partial charge is 0.223 e. The fourth-order valence-electron chi connectivity index (χ4n) is 2.12. The van der Waals surface area contributed by atoms with E-state index in [1.165, 1.54) is 4.68 Å². The molecular weight excluding hydrogens is 310 g/mol. The van der Waals surface area contributed by atoms with Crippen molar-refractivity contribution >= 4 is 10.7 Å². The first-order valence-corrected chi connectivity index (χ1v) is 8.34. The van der Waals surface area contributed by atoms with Crippen LogP contribution in [0, 0.1) is 16.1 Å². The summed E-state index contributed by atoms with van der Waals surface area (Å²) in [5, 5.41) is 23.4. The second-order valence-electron chi connectivity index (χ2n) is 4.85. The Kier molecular flexibility index (Phi) is 3.91. The van der Waals surface area contributed by atoms with Gasteiger partial charge in [-0.15, -0.1) is 0 Å². The topological polar surface area (TPSA) is 98.6 Å². The van der Waals surface area contributed by atoms with Crippen molar-refractivity contribution in [3.8, 4) is 28.9 Å². The predicted octanol–water partition coefficient (Wildman–Crippen LogP) is 2.88. The Labute approximate surface area is 135 Å². The van der Waals surface area contributed by atoms with Crippen molar-refractivity contribution < 1.29 is 5.11 Å². The molecule has 1 aromatic carbocycles. The van der Waals surface area contributed by atoms with Crippen molar-refractivity contribution in [1.29, 1.82) is 10.0 Å². The molecule has 0 saturated heterocycles. The van der Waals surface area contributed by atoms with Gasteiger partial charge in [0.15, 0.2) is 5.82 Å². The second-order valence-corrected chi connectivity index (χ2v) is 6.34. The van der Waals surface area contributed by atoms with Crippen molar-refractivity contribution in [2.45, 2.75) is 4.90 Å². The lowest BCUT2D eigenvalue weighted by molar-refractivity contribution is 0.433. The molecule has 1 unspecified atom stereocenters. The summed E-state index contributed by atoms with van der Waals surface area (Å²) in [6.45, 7) is 0. The van der Waals surface area contributed by atoms with E-state index in [0.29, 0.717) is 16.9 Å². The number of hydrogen-bond acceptors (Lipinski definition) is 5. The van der Waals surface area contributed by atoms with Crippen LogP contribution < -0.4 is 0 Å². The number of pyridine rings is 1. The molecule has 6 nitrogen and oxygen atoms in total. The van der Waals surface area contributed by atoms with Gasteiger partial charge in [-0.05, 0) is 36.1 Å². The molecule has 2 aromatic heterocycles. The Hall–Kier alpha value is -2.98. The van der Waals surface area contributed by atoms with E-state index in [0.717, 1.165) is 10.5 Å². The highest BCUT2D eigenvalue weighted by Gasteiger charge is 2.13. The molecule has 3 rings (SSSR count). The molecule has 2 heterocycles. The van der Waals surface area contributed by atoms with Crippen molar-refractivity contribution in [3.63, 3.8) is 0 Å². The summed E-state index contributed by atoms with van der Waals surface area (Å²) in [5.74, 6) is 0.466. The van der Waals surface area contributed by atoms with E-state index >= 15 is 0 Å². The Morgan fingerprint density at radius 2 is 1.91 bits per heavy atom. The summed E-state index contributed by atoms with van der Waals surface area (Å²) in [5.41, 5.74) is 1.89. The van der Waals surface area contributed by atoms with E-state index in [1.54, 1.807) is 55.0 Å². The highest BCUT2D eigenvalue weighted by molar-refractivity contribution is 7.85. The zero-order chi connectivity index (χ0) is 16.4. The van der Waals surface area contributed by atoms with Gasteiger partial charge in [-0.2, -0.15) is 15.0 Å².